The van der Waals surface area contributed by atoms with Gasteiger partial charge in [0, 0.05) is 10.6 Å². The van der Waals surface area contributed by atoms with E-state index in [9.17, 15) is 17.2 Å². The maximum atomic E-state index is 12.7. The summed E-state index contributed by atoms with van der Waals surface area (Å²) in [5, 5.41) is 8.94. The highest BCUT2D eigenvalue weighted by molar-refractivity contribution is 7.99. The zero-order chi connectivity index (χ0) is 20.4. The Bertz CT molecular complexity index is 1210. The normalized spacial score (nSPS) is 11.8. The van der Waals surface area contributed by atoms with Gasteiger partial charge in [-0.3, -0.25) is 4.57 Å². The molecule has 0 aliphatic carbocycles. The first-order chi connectivity index (χ1) is 14.0. The minimum absolute atomic E-state index is 0.433. The molecule has 0 saturated heterocycles. The lowest BCUT2D eigenvalue weighted by Gasteiger charge is -2.09. The van der Waals surface area contributed by atoms with Crippen molar-refractivity contribution in [3.8, 4) is 17.3 Å². The van der Waals surface area contributed by atoms with Gasteiger partial charge in [0.15, 0.2) is 5.76 Å². The first kappa shape index (κ1) is 19.3. The lowest BCUT2D eigenvalue weighted by molar-refractivity contribution is 0.234. The van der Waals surface area contributed by atoms with Crippen LogP contribution >= 0.6 is 11.8 Å². The molecule has 148 valence electrons. The molecule has 0 atom stereocenters. The van der Waals surface area contributed by atoms with Gasteiger partial charge in [-0.25, -0.2) is 8.42 Å². The highest BCUT2D eigenvalue weighted by Crippen LogP contribution is 2.33. The van der Waals surface area contributed by atoms with E-state index in [1.54, 1.807) is 16.7 Å². The Hall–Kier alpha value is -2.98. The molecule has 0 spiro atoms. The predicted octanol–water partition coefficient (Wildman–Crippen LogP) is 4.67. The Morgan fingerprint density at radius 1 is 0.931 bits per heavy atom. The van der Waals surface area contributed by atoms with Crippen molar-refractivity contribution in [2.24, 2.45) is 0 Å². The molecule has 0 bridgehead atoms. The number of nitrogens with zero attached hydrogens (tertiary/aromatic N) is 3. The molecule has 0 aliphatic rings. The number of rotatable bonds is 6. The first-order valence-electron chi connectivity index (χ1n) is 8.31. The van der Waals surface area contributed by atoms with E-state index in [0.29, 0.717) is 21.6 Å². The monoisotopic (exact) mass is 433 g/mol. The molecule has 2 aromatic heterocycles. The van der Waals surface area contributed by atoms with Gasteiger partial charge < -0.3 is 4.42 Å². The number of sulfone groups is 1. The molecule has 29 heavy (non-hydrogen) atoms. The third kappa shape index (κ3) is 3.81. The number of hydrogen-bond donors (Lipinski definition) is 0. The van der Waals surface area contributed by atoms with Crippen molar-refractivity contribution in [1.82, 2.24) is 14.8 Å². The second-order valence-corrected chi connectivity index (χ2v) is 8.79. The van der Waals surface area contributed by atoms with Gasteiger partial charge in [0.25, 0.3) is 0 Å². The van der Waals surface area contributed by atoms with Gasteiger partial charge in [-0.1, -0.05) is 18.2 Å². The summed E-state index contributed by atoms with van der Waals surface area (Å²) in [6.45, 7) is 0. The van der Waals surface area contributed by atoms with Crippen LogP contribution in [0.25, 0.3) is 17.3 Å². The van der Waals surface area contributed by atoms with E-state index in [4.69, 9.17) is 4.42 Å². The average molecular weight is 433 g/mol. The quantitative estimate of drug-likeness (QED) is 0.440. The number of benzene rings is 2. The summed E-state index contributed by atoms with van der Waals surface area (Å²) >= 11 is 1.22. The Kier molecular flexibility index (Phi) is 5.20. The van der Waals surface area contributed by atoms with Crippen LogP contribution < -0.4 is 0 Å². The first-order valence-corrected chi connectivity index (χ1v) is 10.7. The Balaban J connectivity index is 1.71. The summed E-state index contributed by atoms with van der Waals surface area (Å²) in [5.74, 6) is -2.43. The van der Waals surface area contributed by atoms with E-state index in [2.05, 4.69) is 10.2 Å². The number of alkyl halides is 2. The van der Waals surface area contributed by atoms with Crippen LogP contribution in [0.2, 0.25) is 0 Å². The zero-order valence-electron chi connectivity index (χ0n) is 14.6. The molecule has 6 nitrogen and oxygen atoms in total. The number of halogens is 2. The van der Waals surface area contributed by atoms with Crippen molar-refractivity contribution in [3.63, 3.8) is 0 Å². The van der Waals surface area contributed by atoms with Gasteiger partial charge >= 0.3 is 5.76 Å². The maximum Gasteiger partial charge on any atom is 0.341 e. The van der Waals surface area contributed by atoms with Crippen LogP contribution in [0.15, 0.2) is 92.4 Å². The highest BCUT2D eigenvalue weighted by Gasteiger charge is 2.26. The molecule has 10 heteroatoms. The smallest absolute Gasteiger partial charge is 0.341 e. The van der Waals surface area contributed by atoms with Crippen molar-refractivity contribution in [2.45, 2.75) is 20.7 Å². The van der Waals surface area contributed by atoms with Gasteiger partial charge in [-0.15, -0.1) is 10.2 Å². The topological polar surface area (TPSA) is 78.0 Å². The summed E-state index contributed by atoms with van der Waals surface area (Å²) in [6, 6.07) is 18.1. The van der Waals surface area contributed by atoms with Crippen molar-refractivity contribution >= 4 is 21.6 Å². The zero-order valence-corrected chi connectivity index (χ0v) is 16.3. The average Bonchev–Trinajstić information content (AvgIpc) is 3.39. The number of aromatic nitrogens is 3. The number of furan rings is 1. The van der Waals surface area contributed by atoms with Gasteiger partial charge in [0.1, 0.15) is 0 Å². The molecule has 2 aromatic carbocycles. The number of hydrogen-bond acceptors (Lipinski definition) is 6. The molecule has 4 aromatic rings. The largest absolute Gasteiger partial charge is 0.461 e. The fourth-order valence-electron chi connectivity index (χ4n) is 2.62. The van der Waals surface area contributed by atoms with Crippen LogP contribution in [0.3, 0.4) is 0 Å². The standard InChI is InChI=1S/C19H13F2N3O3S2/c20-18(21)29(25,26)15-10-8-14(9-11-15)28-19-23-22-17(16-7-4-12-27-16)24(19)13-5-2-1-3-6-13/h1-12,18H. The van der Waals surface area contributed by atoms with Crippen LogP contribution in [0.5, 0.6) is 0 Å². The SMILES string of the molecule is O=S(=O)(c1ccc(Sc2nnc(-c3ccco3)n2-c2ccccc2)cc1)C(F)F. The fourth-order valence-corrected chi connectivity index (χ4v) is 4.19. The minimum Gasteiger partial charge on any atom is -0.461 e. The van der Waals surface area contributed by atoms with Gasteiger partial charge in [0.2, 0.25) is 20.8 Å². The van der Waals surface area contributed by atoms with Crippen molar-refractivity contribution in [3.05, 3.63) is 73.0 Å². The van der Waals surface area contributed by atoms with Crippen LogP contribution in [0.4, 0.5) is 8.78 Å². The van der Waals surface area contributed by atoms with Gasteiger partial charge in [0.05, 0.1) is 11.2 Å². The van der Waals surface area contributed by atoms with E-state index in [1.807, 2.05) is 30.3 Å². The Morgan fingerprint density at radius 3 is 2.28 bits per heavy atom. The second kappa shape index (κ2) is 7.80. The molecule has 0 saturated carbocycles. The van der Waals surface area contributed by atoms with Crippen molar-refractivity contribution in [2.75, 3.05) is 0 Å². The molecule has 2 heterocycles. The van der Waals surface area contributed by atoms with Crippen LogP contribution in [-0.4, -0.2) is 28.9 Å². The lowest BCUT2D eigenvalue weighted by atomic mass is 10.3. The van der Waals surface area contributed by atoms with E-state index in [1.165, 1.54) is 30.2 Å². The molecule has 0 unspecified atom stereocenters. The van der Waals surface area contributed by atoms with Crippen molar-refractivity contribution in [1.29, 1.82) is 0 Å². The van der Waals surface area contributed by atoms with Crippen molar-refractivity contribution < 1.29 is 21.6 Å². The summed E-state index contributed by atoms with van der Waals surface area (Å²) in [7, 11) is -4.63. The van der Waals surface area contributed by atoms with E-state index in [-0.39, 0.29) is 0 Å². The van der Waals surface area contributed by atoms with Crippen LogP contribution in [-0.2, 0) is 9.84 Å². The van der Waals surface area contributed by atoms with Gasteiger partial charge in [-0.05, 0) is 60.3 Å². The summed E-state index contributed by atoms with van der Waals surface area (Å²) in [6.07, 6.45) is 1.54. The highest BCUT2D eigenvalue weighted by atomic mass is 32.2. The summed E-state index contributed by atoms with van der Waals surface area (Å²) in [4.78, 5) is 0.187. The van der Waals surface area contributed by atoms with E-state index < -0.39 is 20.5 Å². The summed E-state index contributed by atoms with van der Waals surface area (Å²) in [5.41, 5.74) is 0.809. The van der Waals surface area contributed by atoms with E-state index in [0.717, 1.165) is 17.8 Å². The molecule has 4 rings (SSSR count). The molecule has 0 amide bonds. The lowest BCUT2D eigenvalue weighted by Crippen LogP contribution is -2.11. The third-order valence-corrected chi connectivity index (χ3v) is 6.34. The fraction of sp³-hybridized carbons (Fsp3) is 0.0526. The van der Waals surface area contributed by atoms with E-state index >= 15 is 0 Å². The molecular formula is C19H13F2N3O3S2. The second-order valence-electron chi connectivity index (χ2n) is 5.83. The molecule has 0 radical (unpaired) electrons. The van der Waals surface area contributed by atoms with Gasteiger partial charge in [-0.2, -0.15) is 8.78 Å². The molecule has 0 N–H and O–H groups in total. The number of para-hydroxylation sites is 1. The Morgan fingerprint density at radius 2 is 1.66 bits per heavy atom. The van der Waals surface area contributed by atoms with Crippen LogP contribution in [0, 0.1) is 0 Å². The van der Waals surface area contributed by atoms with Crippen LogP contribution in [0.1, 0.15) is 0 Å². The summed E-state index contributed by atoms with van der Waals surface area (Å²) < 4.78 is 55.8. The molecule has 0 aliphatic heterocycles. The molecule has 0 fully saturated rings. The minimum atomic E-state index is -4.63. The predicted molar refractivity (Wildman–Crippen MR) is 103 cm³/mol. The Labute approximate surface area is 169 Å². The molecular weight excluding hydrogens is 420 g/mol. The third-order valence-electron chi connectivity index (χ3n) is 3.99. The maximum absolute atomic E-state index is 12.7.